The third-order valence-electron chi connectivity index (χ3n) is 7.89. The van der Waals surface area contributed by atoms with E-state index in [2.05, 4.69) is 205 Å². The fraction of sp³-hybridized carbons (Fsp3) is 0.0952. The van der Waals surface area contributed by atoms with Gasteiger partial charge in [-0.2, -0.15) is 0 Å². The monoisotopic (exact) mass is 636 g/mol. The first kappa shape index (κ1) is 31.3. The summed E-state index contributed by atoms with van der Waals surface area (Å²) >= 11 is 0. The fourth-order valence-electron chi connectivity index (χ4n) is 5.46. The van der Waals surface area contributed by atoms with Crippen LogP contribution in [0.25, 0.3) is 12.2 Å². The molecule has 6 aromatic carbocycles. The van der Waals surface area contributed by atoms with Gasteiger partial charge in [0.1, 0.15) is 25.0 Å². The molecular formula is C42H40N2S2+2. The van der Waals surface area contributed by atoms with Crippen molar-refractivity contribution in [3.8, 4) is 0 Å². The summed E-state index contributed by atoms with van der Waals surface area (Å²) in [5.74, 6) is 0. The Bertz CT molecular complexity index is 1740. The van der Waals surface area contributed by atoms with Crippen LogP contribution in [0, 0.1) is 0 Å². The SMILES string of the molecule is C[S+](C)c1cccc(N(c2ccccc2)c2ccc(C=Cc3ccc(N(c4ccccc4)c4cccc([S+](C)C)c4)cc3)cc2)c1. The lowest BCUT2D eigenvalue weighted by molar-refractivity contribution is 1.26. The van der Waals surface area contributed by atoms with Crippen LogP contribution in [0.4, 0.5) is 34.1 Å². The van der Waals surface area contributed by atoms with Gasteiger partial charge in [-0.15, -0.1) is 0 Å². The number of anilines is 6. The van der Waals surface area contributed by atoms with Crippen LogP contribution >= 0.6 is 0 Å². The van der Waals surface area contributed by atoms with Crippen LogP contribution in [0.3, 0.4) is 0 Å². The fourth-order valence-corrected chi connectivity index (χ4v) is 6.88. The van der Waals surface area contributed by atoms with Gasteiger partial charge in [0.25, 0.3) is 0 Å². The Morgan fingerprint density at radius 2 is 0.674 bits per heavy atom. The Hall–Kier alpha value is -4.64. The molecule has 0 aliphatic carbocycles. The molecule has 0 aliphatic heterocycles. The summed E-state index contributed by atoms with van der Waals surface area (Å²) in [6, 6.07) is 56.6. The standard InChI is InChI=1S/C42H40N2S2/c1-45(2)41-19-11-17-39(31-41)43(35-13-7-5-8-14-35)37-27-23-33(24-28-37)21-22-34-25-29-38(30-26-34)44(36-15-9-6-10-16-36)40-18-12-20-42(32-40)46(3)4/h5-32H,1-4H3/q+2. The van der Waals surface area contributed by atoms with Crippen molar-refractivity contribution in [1.82, 2.24) is 0 Å². The molecule has 0 saturated heterocycles. The molecule has 0 aliphatic rings. The molecule has 228 valence electrons. The zero-order chi connectivity index (χ0) is 31.9. The summed E-state index contributed by atoms with van der Waals surface area (Å²) in [6.07, 6.45) is 13.5. The van der Waals surface area contributed by atoms with Gasteiger partial charge in [0.15, 0.2) is 9.79 Å². The van der Waals surface area contributed by atoms with Crippen molar-refractivity contribution < 1.29 is 0 Å². The molecule has 0 unspecified atom stereocenters. The van der Waals surface area contributed by atoms with Crippen LogP contribution in [0.5, 0.6) is 0 Å². The predicted octanol–water partition coefficient (Wildman–Crippen LogP) is 11.3. The zero-order valence-corrected chi connectivity index (χ0v) is 28.5. The van der Waals surface area contributed by atoms with Crippen molar-refractivity contribution in [3.05, 3.63) is 169 Å². The van der Waals surface area contributed by atoms with Gasteiger partial charge in [0.2, 0.25) is 0 Å². The van der Waals surface area contributed by atoms with E-state index in [-0.39, 0.29) is 21.8 Å². The van der Waals surface area contributed by atoms with E-state index >= 15 is 0 Å². The van der Waals surface area contributed by atoms with E-state index in [1.807, 2.05) is 0 Å². The molecule has 0 saturated carbocycles. The second-order valence-corrected chi connectivity index (χ2v) is 15.7. The summed E-state index contributed by atoms with van der Waals surface area (Å²) in [5.41, 5.74) is 9.25. The van der Waals surface area contributed by atoms with Crippen molar-refractivity contribution in [2.45, 2.75) is 9.79 Å². The lowest BCUT2D eigenvalue weighted by Crippen LogP contribution is -2.10. The maximum atomic E-state index is 2.33. The van der Waals surface area contributed by atoms with Crippen molar-refractivity contribution >= 4 is 68.1 Å². The van der Waals surface area contributed by atoms with Gasteiger partial charge in [-0.05, 0) is 83.9 Å². The van der Waals surface area contributed by atoms with Crippen LogP contribution in [-0.4, -0.2) is 25.0 Å². The van der Waals surface area contributed by atoms with Gasteiger partial charge in [-0.3, -0.25) is 0 Å². The van der Waals surface area contributed by atoms with Crippen LogP contribution < -0.4 is 9.80 Å². The number of para-hydroxylation sites is 2. The highest BCUT2D eigenvalue weighted by Crippen LogP contribution is 2.37. The number of nitrogens with zero attached hydrogens (tertiary/aromatic N) is 2. The molecule has 0 fully saturated rings. The second-order valence-electron chi connectivity index (χ2n) is 11.5. The number of hydrogen-bond acceptors (Lipinski definition) is 2. The highest BCUT2D eigenvalue weighted by atomic mass is 32.2. The van der Waals surface area contributed by atoms with Gasteiger partial charge in [-0.1, -0.05) is 84.9 Å². The Morgan fingerprint density at radius 1 is 0.348 bits per heavy atom. The summed E-state index contributed by atoms with van der Waals surface area (Å²) in [7, 11) is 0.383. The molecule has 6 aromatic rings. The molecule has 0 amide bonds. The Morgan fingerprint density at radius 3 is 1.02 bits per heavy atom. The minimum Gasteiger partial charge on any atom is -0.310 e. The molecule has 4 heteroatoms. The molecular weight excluding hydrogens is 597 g/mol. The molecule has 0 radical (unpaired) electrons. The second kappa shape index (κ2) is 14.6. The van der Waals surface area contributed by atoms with Crippen molar-refractivity contribution in [3.63, 3.8) is 0 Å². The van der Waals surface area contributed by atoms with E-state index in [0.717, 1.165) is 33.9 Å². The summed E-state index contributed by atoms with van der Waals surface area (Å²) in [5, 5.41) is 0. The van der Waals surface area contributed by atoms with Crippen molar-refractivity contribution in [2.75, 3.05) is 34.8 Å². The molecule has 46 heavy (non-hydrogen) atoms. The molecule has 0 aromatic heterocycles. The van der Waals surface area contributed by atoms with Gasteiger partial charge in [0, 0.05) is 56.7 Å². The van der Waals surface area contributed by atoms with Gasteiger partial charge in [-0.25, -0.2) is 0 Å². The molecule has 0 heterocycles. The first-order valence-corrected chi connectivity index (χ1v) is 19.5. The molecule has 6 rings (SSSR count). The Kier molecular flexibility index (Phi) is 9.97. The lowest BCUT2D eigenvalue weighted by Gasteiger charge is -2.25. The average molecular weight is 637 g/mol. The van der Waals surface area contributed by atoms with Crippen molar-refractivity contribution in [1.29, 1.82) is 0 Å². The molecule has 2 nitrogen and oxygen atoms in total. The highest BCUT2D eigenvalue weighted by molar-refractivity contribution is 7.95. The topological polar surface area (TPSA) is 6.48 Å². The van der Waals surface area contributed by atoms with Crippen molar-refractivity contribution in [2.24, 2.45) is 0 Å². The molecule has 0 spiro atoms. The van der Waals surface area contributed by atoms with Crippen LogP contribution in [0.1, 0.15) is 11.1 Å². The Labute approximate surface area is 280 Å². The third kappa shape index (κ3) is 7.42. The first-order chi connectivity index (χ1) is 22.5. The maximum Gasteiger partial charge on any atom is 0.156 e. The van der Waals surface area contributed by atoms with Crippen LogP contribution in [0.2, 0.25) is 0 Å². The van der Waals surface area contributed by atoms with E-state index in [1.54, 1.807) is 0 Å². The molecule has 0 atom stereocenters. The largest absolute Gasteiger partial charge is 0.310 e. The van der Waals surface area contributed by atoms with Gasteiger partial charge < -0.3 is 9.80 Å². The van der Waals surface area contributed by atoms with E-state index in [9.17, 15) is 0 Å². The Balaban J connectivity index is 1.24. The smallest absolute Gasteiger partial charge is 0.156 e. The molecule has 0 bridgehead atoms. The maximum absolute atomic E-state index is 2.33. The van der Waals surface area contributed by atoms with E-state index < -0.39 is 0 Å². The van der Waals surface area contributed by atoms with Crippen LogP contribution in [0.15, 0.2) is 168 Å². The minimum absolute atomic E-state index is 0.192. The minimum atomic E-state index is 0.192. The number of hydrogen-bond donors (Lipinski definition) is 0. The lowest BCUT2D eigenvalue weighted by atomic mass is 10.1. The zero-order valence-electron chi connectivity index (χ0n) is 26.9. The number of benzene rings is 6. The highest BCUT2D eigenvalue weighted by Gasteiger charge is 2.17. The summed E-state index contributed by atoms with van der Waals surface area (Å²) < 4.78 is 0. The van der Waals surface area contributed by atoms with E-state index in [1.165, 1.54) is 21.2 Å². The quantitative estimate of drug-likeness (QED) is 0.109. The average Bonchev–Trinajstić information content (AvgIpc) is 3.10. The first-order valence-electron chi connectivity index (χ1n) is 15.4. The summed E-state index contributed by atoms with van der Waals surface area (Å²) in [6.45, 7) is 0. The van der Waals surface area contributed by atoms with Gasteiger partial charge in [0.05, 0.1) is 11.4 Å². The van der Waals surface area contributed by atoms with Crippen LogP contribution in [-0.2, 0) is 21.8 Å². The number of rotatable bonds is 10. The normalized spacial score (nSPS) is 11.3. The predicted molar refractivity (Wildman–Crippen MR) is 206 cm³/mol. The molecule has 0 N–H and O–H groups in total. The third-order valence-corrected chi connectivity index (χ3v) is 10.3. The van der Waals surface area contributed by atoms with Gasteiger partial charge >= 0.3 is 0 Å². The van der Waals surface area contributed by atoms with E-state index in [4.69, 9.17) is 0 Å². The summed E-state index contributed by atoms with van der Waals surface area (Å²) in [4.78, 5) is 7.39. The van der Waals surface area contributed by atoms with E-state index in [0.29, 0.717) is 0 Å².